The highest BCUT2D eigenvalue weighted by molar-refractivity contribution is 8.00. The predicted octanol–water partition coefficient (Wildman–Crippen LogP) is 3.16. The Kier molecular flexibility index (Phi) is 5.85. The second-order valence-electron chi connectivity index (χ2n) is 6.20. The van der Waals surface area contributed by atoms with Gasteiger partial charge in [0.15, 0.2) is 11.0 Å². The number of aromatic nitrogens is 3. The first-order chi connectivity index (χ1) is 13.0. The molecule has 0 spiro atoms. The van der Waals surface area contributed by atoms with Crippen molar-refractivity contribution < 1.29 is 13.9 Å². The first kappa shape index (κ1) is 19.0. The fourth-order valence-corrected chi connectivity index (χ4v) is 3.62. The van der Waals surface area contributed by atoms with Gasteiger partial charge >= 0.3 is 0 Å². The van der Waals surface area contributed by atoms with Crippen molar-refractivity contribution in [3.05, 3.63) is 48.4 Å². The quantitative estimate of drug-likeness (QED) is 0.581. The van der Waals surface area contributed by atoms with Gasteiger partial charge < -0.3 is 14.1 Å². The van der Waals surface area contributed by atoms with Gasteiger partial charge in [0.05, 0.1) is 25.2 Å². The van der Waals surface area contributed by atoms with E-state index < -0.39 is 0 Å². The molecule has 2 heterocycles. The monoisotopic (exact) mass is 386 g/mol. The minimum Gasteiger partial charge on any atom is -0.497 e. The summed E-state index contributed by atoms with van der Waals surface area (Å²) in [6, 6.07) is 11.4. The van der Waals surface area contributed by atoms with Crippen molar-refractivity contribution in [3.63, 3.8) is 0 Å². The van der Waals surface area contributed by atoms with Gasteiger partial charge in [-0.2, -0.15) is 0 Å². The summed E-state index contributed by atoms with van der Waals surface area (Å²) in [6.07, 6.45) is 1.63. The van der Waals surface area contributed by atoms with E-state index in [1.165, 1.54) is 11.8 Å². The van der Waals surface area contributed by atoms with Gasteiger partial charge in [-0.1, -0.05) is 23.9 Å². The molecule has 1 atom stereocenters. The predicted molar refractivity (Wildman–Crippen MR) is 104 cm³/mol. The van der Waals surface area contributed by atoms with Gasteiger partial charge in [-0.3, -0.25) is 9.36 Å². The summed E-state index contributed by atoms with van der Waals surface area (Å²) in [5, 5.41) is 9.08. The summed E-state index contributed by atoms with van der Waals surface area (Å²) < 4.78 is 12.8. The first-order valence-electron chi connectivity index (χ1n) is 8.47. The summed E-state index contributed by atoms with van der Waals surface area (Å²) in [5.74, 6) is 2.24. The number of methoxy groups -OCH3 is 1. The van der Waals surface area contributed by atoms with E-state index in [9.17, 15) is 4.79 Å². The molecule has 1 aromatic carbocycles. The van der Waals surface area contributed by atoms with Crippen molar-refractivity contribution in [2.45, 2.75) is 23.9 Å². The van der Waals surface area contributed by atoms with Gasteiger partial charge in [-0.15, -0.1) is 10.2 Å². The lowest BCUT2D eigenvalue weighted by atomic mass is 10.2. The summed E-state index contributed by atoms with van der Waals surface area (Å²) in [5.41, 5.74) is 0.881. The lowest BCUT2D eigenvalue weighted by Crippen LogP contribution is -2.29. The molecule has 0 saturated carbocycles. The summed E-state index contributed by atoms with van der Waals surface area (Å²) in [6.45, 7) is 2.34. The number of thioether (sulfide) groups is 1. The number of carbonyl (C=O) groups excluding carboxylic acids is 1. The molecule has 3 rings (SSSR count). The normalized spacial score (nSPS) is 12.0. The van der Waals surface area contributed by atoms with Crippen molar-refractivity contribution in [2.75, 3.05) is 21.2 Å². The fourth-order valence-electron chi connectivity index (χ4n) is 2.62. The molecular formula is C19H22N4O3S. The van der Waals surface area contributed by atoms with E-state index in [0.29, 0.717) is 17.5 Å². The number of ether oxygens (including phenoxy) is 1. The van der Waals surface area contributed by atoms with Crippen molar-refractivity contribution in [2.24, 2.45) is 0 Å². The molecule has 7 nitrogen and oxygen atoms in total. The Morgan fingerprint density at radius 2 is 2.11 bits per heavy atom. The molecule has 0 bridgehead atoms. The number of benzene rings is 1. The van der Waals surface area contributed by atoms with Crippen LogP contribution in [0.5, 0.6) is 5.75 Å². The Balaban J connectivity index is 1.98. The minimum atomic E-state index is -0.280. The van der Waals surface area contributed by atoms with E-state index >= 15 is 0 Å². The van der Waals surface area contributed by atoms with Gasteiger partial charge in [0.25, 0.3) is 0 Å². The molecule has 142 valence electrons. The molecule has 1 amide bonds. The van der Waals surface area contributed by atoms with Crippen molar-refractivity contribution in [1.82, 2.24) is 19.7 Å². The number of hydrogen-bond donors (Lipinski definition) is 0. The Morgan fingerprint density at radius 1 is 1.30 bits per heavy atom. The lowest BCUT2D eigenvalue weighted by Gasteiger charge is -2.16. The van der Waals surface area contributed by atoms with Crippen LogP contribution in [0.2, 0.25) is 0 Å². The molecule has 0 fully saturated rings. The zero-order chi connectivity index (χ0) is 19.4. The maximum Gasteiger partial charge on any atom is 0.235 e. The molecule has 0 radical (unpaired) electrons. The zero-order valence-electron chi connectivity index (χ0n) is 15.7. The van der Waals surface area contributed by atoms with Crippen LogP contribution in [-0.2, 0) is 11.3 Å². The molecule has 0 saturated heterocycles. The molecule has 8 heteroatoms. The topological polar surface area (TPSA) is 73.4 Å². The van der Waals surface area contributed by atoms with Gasteiger partial charge in [0.2, 0.25) is 5.91 Å². The lowest BCUT2D eigenvalue weighted by molar-refractivity contribution is -0.127. The molecule has 0 N–H and O–H groups in total. The average Bonchev–Trinajstić information content (AvgIpc) is 3.32. The van der Waals surface area contributed by atoms with Crippen molar-refractivity contribution >= 4 is 17.7 Å². The third-order valence-electron chi connectivity index (χ3n) is 4.01. The summed E-state index contributed by atoms with van der Waals surface area (Å²) >= 11 is 1.38. The molecule has 3 aromatic rings. The second-order valence-corrected chi connectivity index (χ2v) is 7.50. The Morgan fingerprint density at radius 3 is 2.78 bits per heavy atom. The smallest absolute Gasteiger partial charge is 0.235 e. The molecule has 0 aliphatic heterocycles. The van der Waals surface area contributed by atoms with E-state index in [-0.39, 0.29) is 11.2 Å². The maximum atomic E-state index is 12.2. The Bertz CT molecular complexity index is 906. The third kappa shape index (κ3) is 4.33. The van der Waals surface area contributed by atoms with Crippen molar-refractivity contribution in [3.8, 4) is 17.1 Å². The van der Waals surface area contributed by atoms with Crippen LogP contribution in [0.1, 0.15) is 12.7 Å². The van der Waals surface area contributed by atoms with Crippen molar-refractivity contribution in [1.29, 1.82) is 0 Å². The number of carbonyl (C=O) groups is 1. The first-order valence-corrected chi connectivity index (χ1v) is 9.35. The van der Waals surface area contributed by atoms with Crippen LogP contribution in [-0.4, -0.2) is 52.0 Å². The summed E-state index contributed by atoms with van der Waals surface area (Å²) in [4.78, 5) is 13.8. The van der Waals surface area contributed by atoms with E-state index in [1.807, 2.05) is 47.9 Å². The molecule has 27 heavy (non-hydrogen) atoms. The van der Waals surface area contributed by atoms with Crippen LogP contribution in [0.4, 0.5) is 0 Å². The van der Waals surface area contributed by atoms with Gasteiger partial charge in [0, 0.05) is 19.7 Å². The number of rotatable bonds is 7. The molecule has 1 unspecified atom stereocenters. The van der Waals surface area contributed by atoms with Gasteiger partial charge in [0.1, 0.15) is 11.5 Å². The van der Waals surface area contributed by atoms with Crippen LogP contribution in [0.3, 0.4) is 0 Å². The number of amides is 1. The van der Waals surface area contributed by atoms with Crippen LogP contribution >= 0.6 is 11.8 Å². The minimum absolute atomic E-state index is 0.0236. The number of furan rings is 1. The highest BCUT2D eigenvalue weighted by Crippen LogP contribution is 2.29. The number of hydrogen-bond acceptors (Lipinski definition) is 6. The molecule has 0 aliphatic carbocycles. The summed E-state index contributed by atoms with van der Waals surface area (Å²) in [7, 11) is 5.12. The number of nitrogens with zero attached hydrogens (tertiary/aromatic N) is 4. The van der Waals surface area contributed by atoms with Crippen LogP contribution < -0.4 is 4.74 Å². The largest absolute Gasteiger partial charge is 0.497 e. The Labute approximate surface area is 162 Å². The van der Waals surface area contributed by atoms with Crippen LogP contribution in [0, 0.1) is 0 Å². The van der Waals surface area contributed by atoms with E-state index in [1.54, 1.807) is 32.4 Å². The highest BCUT2D eigenvalue weighted by atomic mass is 32.2. The van der Waals surface area contributed by atoms with Gasteiger partial charge in [-0.05, 0) is 31.2 Å². The van der Waals surface area contributed by atoms with Crippen LogP contribution in [0.15, 0.2) is 52.2 Å². The standard InChI is InChI=1S/C19H22N4O3S/c1-13(18(24)22(2)3)27-19-21-20-17(14-7-5-8-15(11-14)25-4)23(19)12-16-9-6-10-26-16/h5-11,13H,12H2,1-4H3. The fraction of sp³-hybridized carbons (Fsp3) is 0.316. The van der Waals surface area contributed by atoms with Crippen LogP contribution in [0.25, 0.3) is 11.4 Å². The Hall–Kier alpha value is -2.74. The highest BCUT2D eigenvalue weighted by Gasteiger charge is 2.22. The van der Waals surface area contributed by atoms with Gasteiger partial charge in [-0.25, -0.2) is 0 Å². The van der Waals surface area contributed by atoms with E-state index in [2.05, 4.69) is 10.2 Å². The van der Waals surface area contributed by atoms with E-state index in [0.717, 1.165) is 17.1 Å². The SMILES string of the molecule is COc1cccc(-c2nnc(SC(C)C(=O)N(C)C)n2Cc2ccco2)c1. The zero-order valence-corrected chi connectivity index (χ0v) is 16.6. The third-order valence-corrected chi connectivity index (χ3v) is 5.08. The molecule has 0 aliphatic rings. The average molecular weight is 386 g/mol. The molecular weight excluding hydrogens is 364 g/mol. The molecule has 2 aromatic heterocycles. The van der Waals surface area contributed by atoms with E-state index in [4.69, 9.17) is 9.15 Å². The second kappa shape index (κ2) is 8.30. The maximum absolute atomic E-state index is 12.2.